The largest absolute Gasteiger partial charge is 0.460 e. The molecule has 2 nitrogen and oxygen atoms in total. The first-order chi connectivity index (χ1) is 14.9. The third-order valence-corrected chi connectivity index (χ3v) is 6.88. The minimum absolute atomic E-state index is 0.165. The van der Waals surface area contributed by atoms with E-state index in [2.05, 4.69) is 0 Å². The van der Waals surface area contributed by atoms with Crippen molar-refractivity contribution in [2.24, 2.45) is 11.1 Å². The van der Waals surface area contributed by atoms with Gasteiger partial charge in [-0.3, -0.25) is 0 Å². The minimum Gasteiger partial charge on any atom is -0.460 e. The number of hydrogen-bond acceptors (Lipinski definition) is 2. The molecule has 5 heteroatoms. The molecule has 0 unspecified atom stereocenters. The van der Waals surface area contributed by atoms with Crippen molar-refractivity contribution in [1.29, 1.82) is 0 Å². The molecule has 0 bridgehead atoms. The highest BCUT2D eigenvalue weighted by atomic mass is 19.2. The van der Waals surface area contributed by atoms with E-state index in [9.17, 15) is 13.2 Å². The van der Waals surface area contributed by atoms with Gasteiger partial charge in [-0.25, -0.2) is 13.2 Å². The maximum Gasteiger partial charge on any atom is 0.161 e. The van der Waals surface area contributed by atoms with Crippen LogP contribution in [-0.2, 0) is 0 Å². The normalized spacial score (nSPS) is 20.5. The van der Waals surface area contributed by atoms with Crippen LogP contribution in [0, 0.1) is 22.9 Å². The Morgan fingerprint density at radius 2 is 1.61 bits per heavy atom. The van der Waals surface area contributed by atoms with Gasteiger partial charge in [0.15, 0.2) is 11.6 Å². The number of rotatable bonds is 5. The Balaban J connectivity index is 1.75. The zero-order chi connectivity index (χ0) is 22.2. The number of allylic oxidation sites excluding steroid dienone is 1. The molecule has 1 aliphatic carbocycles. The van der Waals surface area contributed by atoms with Gasteiger partial charge in [0.1, 0.15) is 17.3 Å². The summed E-state index contributed by atoms with van der Waals surface area (Å²) in [5.41, 5.74) is 6.34. The molecule has 3 aromatic carbocycles. The zero-order valence-corrected chi connectivity index (χ0v) is 17.7. The average Bonchev–Trinajstić information content (AvgIpc) is 2.78. The van der Waals surface area contributed by atoms with Crippen LogP contribution in [0.1, 0.15) is 44.6 Å². The Morgan fingerprint density at radius 3 is 2.35 bits per heavy atom. The lowest BCUT2D eigenvalue weighted by Crippen LogP contribution is -2.50. The van der Waals surface area contributed by atoms with Gasteiger partial charge in [0.25, 0.3) is 0 Å². The van der Waals surface area contributed by atoms with E-state index < -0.39 is 28.9 Å². The number of ether oxygens (including phenoxy) is 1. The highest BCUT2D eigenvalue weighted by Gasteiger charge is 2.47. The van der Waals surface area contributed by atoms with E-state index in [-0.39, 0.29) is 11.5 Å². The summed E-state index contributed by atoms with van der Waals surface area (Å²) in [6.45, 7) is 3.99. The molecule has 0 radical (unpaired) electrons. The van der Waals surface area contributed by atoms with Gasteiger partial charge in [-0.2, -0.15) is 0 Å². The highest BCUT2D eigenvalue weighted by molar-refractivity contribution is 5.88. The number of hydrogen-bond donors (Lipinski definition) is 1. The number of halogens is 3. The average molecular weight is 425 g/mol. The molecule has 31 heavy (non-hydrogen) atoms. The first kappa shape index (κ1) is 21.4. The van der Waals surface area contributed by atoms with Crippen molar-refractivity contribution in [2.75, 3.05) is 0 Å². The lowest BCUT2D eigenvalue weighted by molar-refractivity contribution is 0.127. The van der Waals surface area contributed by atoms with Crippen molar-refractivity contribution >= 4 is 10.8 Å². The third kappa shape index (κ3) is 3.61. The smallest absolute Gasteiger partial charge is 0.161 e. The standard InChI is InChI=1S/C26H26F3NO/c1-3-26(4-2)19(18-14-21(28)22(29)15-20(18)27)12-13-24(25(26)30)31-23-11-7-9-16-8-5-6-10-17(16)23/h5-11,13-15,19,25H,3-4,12,30H2,1-2H3/t19-,25+/m0/s1. The van der Waals surface area contributed by atoms with E-state index in [1.807, 2.05) is 62.4 Å². The number of nitrogens with two attached hydrogens (primary N) is 1. The van der Waals surface area contributed by atoms with E-state index >= 15 is 0 Å². The highest BCUT2D eigenvalue weighted by Crippen LogP contribution is 2.52. The topological polar surface area (TPSA) is 35.2 Å². The van der Waals surface area contributed by atoms with E-state index in [4.69, 9.17) is 10.5 Å². The van der Waals surface area contributed by atoms with Crippen molar-refractivity contribution in [3.63, 3.8) is 0 Å². The molecule has 0 saturated heterocycles. The first-order valence-electron chi connectivity index (χ1n) is 10.7. The second kappa shape index (κ2) is 8.39. The van der Waals surface area contributed by atoms with Crippen LogP contribution >= 0.6 is 0 Å². The van der Waals surface area contributed by atoms with Gasteiger partial charge < -0.3 is 10.5 Å². The molecule has 4 rings (SSSR count). The molecular formula is C26H26F3NO. The minimum atomic E-state index is -1.18. The number of benzene rings is 3. The third-order valence-electron chi connectivity index (χ3n) is 6.88. The first-order valence-corrected chi connectivity index (χ1v) is 10.7. The molecule has 0 spiro atoms. The molecule has 2 N–H and O–H groups in total. The molecule has 1 aliphatic rings. The summed E-state index contributed by atoms with van der Waals surface area (Å²) in [4.78, 5) is 0. The van der Waals surface area contributed by atoms with E-state index in [1.165, 1.54) is 0 Å². The summed E-state index contributed by atoms with van der Waals surface area (Å²) in [6, 6.07) is 14.9. The van der Waals surface area contributed by atoms with Crippen LogP contribution in [0.25, 0.3) is 10.8 Å². The van der Waals surface area contributed by atoms with Gasteiger partial charge in [0.05, 0.1) is 6.04 Å². The SMILES string of the molecule is CCC1(CC)[C@H](N)C(Oc2cccc3ccccc23)=CC[C@H]1c1cc(F)c(F)cc1F. The van der Waals surface area contributed by atoms with Gasteiger partial charge in [0.2, 0.25) is 0 Å². The quantitative estimate of drug-likeness (QED) is 0.454. The molecular weight excluding hydrogens is 399 g/mol. The summed E-state index contributed by atoms with van der Waals surface area (Å²) in [6.07, 6.45) is 3.58. The van der Waals surface area contributed by atoms with Crippen LogP contribution < -0.4 is 10.5 Å². The van der Waals surface area contributed by atoms with Gasteiger partial charge in [-0.1, -0.05) is 50.2 Å². The summed E-state index contributed by atoms with van der Waals surface area (Å²) >= 11 is 0. The van der Waals surface area contributed by atoms with Crippen LogP contribution in [-0.4, -0.2) is 6.04 Å². The lowest BCUT2D eigenvalue weighted by atomic mass is 9.60. The molecule has 162 valence electrons. The monoisotopic (exact) mass is 425 g/mol. The van der Waals surface area contributed by atoms with Crippen LogP contribution in [0.4, 0.5) is 13.2 Å². The fourth-order valence-corrected chi connectivity index (χ4v) is 5.04. The Morgan fingerprint density at radius 1 is 0.935 bits per heavy atom. The summed E-state index contributed by atoms with van der Waals surface area (Å²) in [5, 5.41) is 2.04. The molecule has 0 saturated carbocycles. The van der Waals surface area contributed by atoms with Gasteiger partial charge in [-0.05, 0) is 59.8 Å². The van der Waals surface area contributed by atoms with Gasteiger partial charge in [0, 0.05) is 11.5 Å². The fourth-order valence-electron chi connectivity index (χ4n) is 5.04. The molecule has 3 aromatic rings. The van der Waals surface area contributed by atoms with Gasteiger partial charge in [-0.15, -0.1) is 0 Å². The van der Waals surface area contributed by atoms with Crippen LogP contribution in [0.2, 0.25) is 0 Å². The summed E-state index contributed by atoms with van der Waals surface area (Å²) < 4.78 is 48.5. The maximum absolute atomic E-state index is 14.7. The van der Waals surface area contributed by atoms with Crippen molar-refractivity contribution in [2.45, 2.75) is 45.1 Å². The van der Waals surface area contributed by atoms with Crippen LogP contribution in [0.3, 0.4) is 0 Å². The van der Waals surface area contributed by atoms with Crippen molar-refractivity contribution in [3.8, 4) is 5.75 Å². The van der Waals surface area contributed by atoms with Crippen LogP contribution in [0.15, 0.2) is 66.4 Å². The van der Waals surface area contributed by atoms with E-state index in [0.717, 1.165) is 16.8 Å². The van der Waals surface area contributed by atoms with E-state index in [1.54, 1.807) is 0 Å². The molecule has 0 aliphatic heterocycles. The Kier molecular flexibility index (Phi) is 5.80. The van der Waals surface area contributed by atoms with E-state index in [0.29, 0.717) is 36.8 Å². The predicted molar refractivity (Wildman–Crippen MR) is 117 cm³/mol. The second-order valence-corrected chi connectivity index (χ2v) is 8.18. The predicted octanol–water partition coefficient (Wildman–Crippen LogP) is 6.84. The molecule has 0 aromatic heterocycles. The van der Waals surface area contributed by atoms with Crippen molar-refractivity contribution in [1.82, 2.24) is 0 Å². The Hall–Kier alpha value is -2.79. The Bertz CT molecular complexity index is 1130. The second-order valence-electron chi connectivity index (χ2n) is 8.18. The van der Waals surface area contributed by atoms with Crippen molar-refractivity contribution in [3.05, 3.63) is 89.4 Å². The summed E-state index contributed by atoms with van der Waals surface area (Å²) in [5.74, 6) is -2.03. The zero-order valence-electron chi connectivity index (χ0n) is 17.7. The molecule has 2 atom stereocenters. The summed E-state index contributed by atoms with van der Waals surface area (Å²) in [7, 11) is 0. The lowest BCUT2D eigenvalue weighted by Gasteiger charge is -2.47. The van der Waals surface area contributed by atoms with Crippen LogP contribution in [0.5, 0.6) is 5.75 Å². The molecule has 0 heterocycles. The fraction of sp³-hybridized carbons (Fsp3) is 0.308. The number of fused-ring (bicyclic) bond motifs is 1. The van der Waals surface area contributed by atoms with Crippen molar-refractivity contribution < 1.29 is 17.9 Å². The molecule has 0 fully saturated rings. The molecule has 0 amide bonds. The van der Waals surface area contributed by atoms with Gasteiger partial charge >= 0.3 is 0 Å². The maximum atomic E-state index is 14.7. The Labute approximate surface area is 180 Å².